The molecule has 0 aromatic carbocycles. The molecule has 0 aliphatic carbocycles. The molecule has 0 saturated heterocycles. The second-order valence-corrected chi connectivity index (χ2v) is 4.42. The van der Waals surface area contributed by atoms with Gasteiger partial charge in [-0.25, -0.2) is 0 Å². The first-order valence-electron chi connectivity index (χ1n) is 7.18. The van der Waals surface area contributed by atoms with Crippen LogP contribution >= 0.6 is 0 Å². The van der Waals surface area contributed by atoms with Crippen molar-refractivity contribution in [2.45, 2.75) is 58.3 Å². The molecule has 0 aliphatic rings. The van der Waals surface area contributed by atoms with Crippen molar-refractivity contribution in [2.75, 3.05) is 33.0 Å². The number of aliphatic hydroxyl groups is 1. The van der Waals surface area contributed by atoms with Gasteiger partial charge < -0.3 is 14.6 Å². The van der Waals surface area contributed by atoms with E-state index in [0.717, 1.165) is 52.1 Å². The minimum atomic E-state index is 0.334. The maximum Gasteiger partial charge on any atom is 0.0700 e. The maximum absolute atomic E-state index is 8.61. The number of rotatable bonds is 14. The maximum atomic E-state index is 8.61. The molecular weight excluding hydrogens is 216 g/mol. The summed E-state index contributed by atoms with van der Waals surface area (Å²) in [4.78, 5) is 0. The van der Waals surface area contributed by atoms with Crippen LogP contribution in [-0.4, -0.2) is 38.1 Å². The molecule has 0 amide bonds. The second-order valence-electron chi connectivity index (χ2n) is 4.42. The number of unbranched alkanes of at least 4 members (excludes halogenated alkanes) is 6. The Morgan fingerprint density at radius 1 is 0.647 bits per heavy atom. The summed E-state index contributed by atoms with van der Waals surface area (Å²) < 4.78 is 10.9. The molecule has 0 bridgehead atoms. The van der Waals surface area contributed by atoms with E-state index in [4.69, 9.17) is 14.6 Å². The molecule has 0 spiro atoms. The molecule has 1 N–H and O–H groups in total. The van der Waals surface area contributed by atoms with E-state index in [1.54, 1.807) is 0 Å². The zero-order chi connectivity index (χ0) is 12.6. The number of ether oxygens (including phenoxy) is 2. The highest BCUT2D eigenvalue weighted by Gasteiger charge is 1.92. The van der Waals surface area contributed by atoms with E-state index in [1.165, 1.54) is 25.7 Å². The van der Waals surface area contributed by atoms with E-state index in [2.05, 4.69) is 6.92 Å². The molecule has 0 aromatic rings. The molecule has 3 heteroatoms. The fourth-order valence-electron chi connectivity index (χ4n) is 1.59. The number of aliphatic hydroxyl groups excluding tert-OH is 1. The van der Waals surface area contributed by atoms with Crippen molar-refractivity contribution in [2.24, 2.45) is 0 Å². The Balaban J connectivity index is 2.85. The van der Waals surface area contributed by atoms with Crippen molar-refractivity contribution in [3.8, 4) is 0 Å². The molecule has 0 atom stereocenters. The number of hydrogen-bond acceptors (Lipinski definition) is 3. The van der Waals surface area contributed by atoms with Crippen LogP contribution in [0.2, 0.25) is 0 Å². The predicted molar refractivity (Wildman–Crippen MR) is 71.3 cm³/mol. The first-order chi connectivity index (χ1) is 8.41. The fourth-order valence-corrected chi connectivity index (χ4v) is 1.59. The van der Waals surface area contributed by atoms with Gasteiger partial charge >= 0.3 is 0 Å². The van der Waals surface area contributed by atoms with Gasteiger partial charge in [-0.15, -0.1) is 0 Å². The molecule has 0 fully saturated rings. The van der Waals surface area contributed by atoms with Crippen LogP contribution in [0.1, 0.15) is 58.3 Å². The molecule has 104 valence electrons. The van der Waals surface area contributed by atoms with Crippen molar-refractivity contribution in [1.29, 1.82) is 0 Å². The molecule has 0 aliphatic heterocycles. The van der Waals surface area contributed by atoms with Gasteiger partial charge in [-0.05, 0) is 19.3 Å². The molecule has 3 nitrogen and oxygen atoms in total. The Bertz CT molecular complexity index is 115. The van der Waals surface area contributed by atoms with Gasteiger partial charge in [-0.3, -0.25) is 0 Å². The zero-order valence-electron chi connectivity index (χ0n) is 11.5. The van der Waals surface area contributed by atoms with E-state index < -0.39 is 0 Å². The highest BCUT2D eigenvalue weighted by molar-refractivity contribution is 4.44. The largest absolute Gasteiger partial charge is 0.396 e. The average molecular weight is 246 g/mol. The van der Waals surface area contributed by atoms with Gasteiger partial charge in [-0.1, -0.05) is 39.0 Å². The van der Waals surface area contributed by atoms with Gasteiger partial charge in [0.25, 0.3) is 0 Å². The van der Waals surface area contributed by atoms with E-state index in [1.807, 2.05) is 0 Å². The van der Waals surface area contributed by atoms with Crippen molar-refractivity contribution in [3.63, 3.8) is 0 Å². The third-order valence-corrected chi connectivity index (χ3v) is 2.71. The third-order valence-electron chi connectivity index (χ3n) is 2.71. The minimum Gasteiger partial charge on any atom is -0.396 e. The van der Waals surface area contributed by atoms with Crippen LogP contribution in [0.5, 0.6) is 0 Å². The summed E-state index contributed by atoms with van der Waals surface area (Å²) in [6.45, 7) is 5.69. The third kappa shape index (κ3) is 15.9. The normalized spacial score (nSPS) is 10.9. The summed E-state index contributed by atoms with van der Waals surface area (Å²) in [5.74, 6) is 0. The van der Waals surface area contributed by atoms with Crippen LogP contribution in [0, 0.1) is 0 Å². The molecule has 0 rings (SSSR count). The monoisotopic (exact) mass is 246 g/mol. The molecule has 0 unspecified atom stereocenters. The van der Waals surface area contributed by atoms with Crippen molar-refractivity contribution >= 4 is 0 Å². The van der Waals surface area contributed by atoms with E-state index in [-0.39, 0.29) is 0 Å². The van der Waals surface area contributed by atoms with E-state index in [9.17, 15) is 0 Å². The summed E-state index contributed by atoms with van der Waals surface area (Å²) in [7, 11) is 0. The highest BCUT2D eigenvalue weighted by atomic mass is 16.5. The Hall–Kier alpha value is -0.120. The predicted octanol–water partition coefficient (Wildman–Crippen LogP) is 3.15. The molecule has 0 radical (unpaired) electrons. The van der Waals surface area contributed by atoms with Gasteiger partial charge in [0.15, 0.2) is 0 Å². The van der Waals surface area contributed by atoms with Gasteiger partial charge in [0, 0.05) is 19.8 Å². The first kappa shape index (κ1) is 16.9. The highest BCUT2D eigenvalue weighted by Crippen LogP contribution is 2.04. The Morgan fingerprint density at radius 2 is 1.18 bits per heavy atom. The smallest absolute Gasteiger partial charge is 0.0700 e. The lowest BCUT2D eigenvalue weighted by molar-refractivity contribution is 0.0453. The van der Waals surface area contributed by atoms with Gasteiger partial charge in [0.05, 0.1) is 13.2 Å². The minimum absolute atomic E-state index is 0.334. The molecule has 0 aromatic heterocycles. The van der Waals surface area contributed by atoms with Gasteiger partial charge in [-0.2, -0.15) is 0 Å². The Labute approximate surface area is 107 Å². The Kier molecular flexibility index (Phi) is 15.8. The SMILES string of the molecule is CCCCOCCOCCCCCCCCO. The van der Waals surface area contributed by atoms with Crippen LogP contribution in [0.25, 0.3) is 0 Å². The van der Waals surface area contributed by atoms with Crippen LogP contribution < -0.4 is 0 Å². The lowest BCUT2D eigenvalue weighted by Gasteiger charge is -2.05. The van der Waals surface area contributed by atoms with E-state index in [0.29, 0.717) is 6.61 Å². The quantitative estimate of drug-likeness (QED) is 0.478. The van der Waals surface area contributed by atoms with Gasteiger partial charge in [0.1, 0.15) is 0 Å². The number of hydrogen-bond donors (Lipinski definition) is 1. The summed E-state index contributed by atoms with van der Waals surface area (Å²) in [5, 5.41) is 8.61. The summed E-state index contributed by atoms with van der Waals surface area (Å²) >= 11 is 0. The van der Waals surface area contributed by atoms with Crippen molar-refractivity contribution in [1.82, 2.24) is 0 Å². The standard InChI is InChI=1S/C14H30O3/c1-2-3-11-16-13-14-17-12-9-7-5-4-6-8-10-15/h15H,2-14H2,1H3. The van der Waals surface area contributed by atoms with Crippen molar-refractivity contribution in [3.05, 3.63) is 0 Å². The molecule has 0 saturated carbocycles. The van der Waals surface area contributed by atoms with Gasteiger partial charge in [0.2, 0.25) is 0 Å². The van der Waals surface area contributed by atoms with Crippen LogP contribution in [-0.2, 0) is 9.47 Å². The summed E-state index contributed by atoms with van der Waals surface area (Å²) in [6, 6.07) is 0. The summed E-state index contributed by atoms with van der Waals surface area (Å²) in [5.41, 5.74) is 0. The van der Waals surface area contributed by atoms with Crippen molar-refractivity contribution < 1.29 is 14.6 Å². The molecule has 17 heavy (non-hydrogen) atoms. The molecule has 0 heterocycles. The zero-order valence-corrected chi connectivity index (χ0v) is 11.5. The molecular formula is C14H30O3. The van der Waals surface area contributed by atoms with Crippen LogP contribution in [0.15, 0.2) is 0 Å². The second kappa shape index (κ2) is 15.9. The van der Waals surface area contributed by atoms with Crippen LogP contribution in [0.4, 0.5) is 0 Å². The Morgan fingerprint density at radius 3 is 1.76 bits per heavy atom. The van der Waals surface area contributed by atoms with E-state index >= 15 is 0 Å². The summed E-state index contributed by atoms with van der Waals surface area (Å²) in [6.07, 6.45) is 9.33. The lowest BCUT2D eigenvalue weighted by atomic mass is 10.1. The topological polar surface area (TPSA) is 38.7 Å². The fraction of sp³-hybridized carbons (Fsp3) is 1.00. The van der Waals surface area contributed by atoms with Crippen LogP contribution in [0.3, 0.4) is 0 Å². The first-order valence-corrected chi connectivity index (χ1v) is 7.18. The average Bonchev–Trinajstić information content (AvgIpc) is 2.35. The lowest BCUT2D eigenvalue weighted by Crippen LogP contribution is -2.06.